The molecule has 28 heavy (non-hydrogen) atoms. The number of carbonyl (C=O) groups excluding carboxylic acids is 1. The molecule has 2 aromatic heterocycles. The van der Waals surface area contributed by atoms with Gasteiger partial charge in [-0.3, -0.25) is 4.79 Å². The van der Waals surface area contributed by atoms with E-state index in [1.54, 1.807) is 31.9 Å². The molecule has 3 aromatic rings. The largest absolute Gasteiger partial charge is 0.493 e. The van der Waals surface area contributed by atoms with Gasteiger partial charge in [-0.05, 0) is 41.1 Å². The molecule has 3 heterocycles. The highest BCUT2D eigenvalue weighted by Crippen LogP contribution is 2.42. The van der Waals surface area contributed by atoms with E-state index < -0.39 is 0 Å². The number of fused-ring (bicyclic) bond motifs is 2. The van der Waals surface area contributed by atoms with Gasteiger partial charge in [0.15, 0.2) is 11.5 Å². The molecule has 1 aromatic carbocycles. The number of nitrogens with zero attached hydrogens (tertiary/aromatic N) is 3. The van der Waals surface area contributed by atoms with Gasteiger partial charge in [-0.2, -0.15) is 0 Å². The fourth-order valence-electron chi connectivity index (χ4n) is 3.75. The Kier molecular flexibility index (Phi) is 5.04. The third-order valence-electron chi connectivity index (χ3n) is 5.10. The molecule has 1 atom stereocenters. The molecule has 0 saturated carbocycles. The predicted molar refractivity (Wildman–Crippen MR) is 107 cm³/mol. The molecule has 0 spiro atoms. The van der Waals surface area contributed by atoms with Gasteiger partial charge in [0, 0.05) is 6.54 Å². The van der Waals surface area contributed by atoms with Gasteiger partial charge in [0.05, 0.1) is 39.2 Å². The molecule has 0 unspecified atom stereocenters. The molecule has 0 saturated heterocycles. The molecule has 0 N–H and O–H groups in total. The monoisotopic (exact) mass is 399 g/mol. The molecule has 8 heteroatoms. The van der Waals surface area contributed by atoms with E-state index in [1.165, 1.54) is 7.11 Å². The third-order valence-corrected chi connectivity index (χ3v) is 5.92. The number of benzene rings is 1. The molecule has 0 fully saturated rings. The topological polar surface area (TPSA) is 73.8 Å². The van der Waals surface area contributed by atoms with Gasteiger partial charge in [0.25, 0.3) is 0 Å². The zero-order valence-corrected chi connectivity index (χ0v) is 16.8. The van der Waals surface area contributed by atoms with Crippen LogP contribution in [0.25, 0.3) is 10.2 Å². The van der Waals surface area contributed by atoms with Gasteiger partial charge in [0.1, 0.15) is 17.0 Å². The number of carbonyl (C=O) groups is 1. The molecular weight excluding hydrogens is 378 g/mol. The highest BCUT2D eigenvalue weighted by Gasteiger charge is 2.33. The van der Waals surface area contributed by atoms with E-state index in [0.29, 0.717) is 11.5 Å². The fraction of sp³-hybridized carbons (Fsp3) is 0.350. The van der Waals surface area contributed by atoms with Crippen LogP contribution in [0.4, 0.5) is 5.82 Å². The first-order chi connectivity index (χ1) is 13.7. The van der Waals surface area contributed by atoms with Crippen molar-refractivity contribution >= 4 is 33.3 Å². The molecule has 4 rings (SSSR count). The number of rotatable bonds is 5. The van der Waals surface area contributed by atoms with E-state index in [9.17, 15) is 4.79 Å². The number of esters is 1. The van der Waals surface area contributed by atoms with Crippen LogP contribution in [0.2, 0.25) is 0 Å². The smallest absolute Gasteiger partial charge is 0.307 e. The van der Waals surface area contributed by atoms with Crippen LogP contribution in [0.1, 0.15) is 23.6 Å². The summed E-state index contributed by atoms with van der Waals surface area (Å²) in [5.41, 5.74) is 2.16. The van der Waals surface area contributed by atoms with Gasteiger partial charge in [0.2, 0.25) is 0 Å². The van der Waals surface area contributed by atoms with Crippen LogP contribution in [0.15, 0.2) is 29.9 Å². The Morgan fingerprint density at radius 3 is 2.75 bits per heavy atom. The molecule has 146 valence electrons. The van der Waals surface area contributed by atoms with E-state index in [2.05, 4.69) is 14.9 Å². The van der Waals surface area contributed by atoms with E-state index in [1.807, 2.05) is 23.6 Å². The molecule has 1 aliphatic heterocycles. The first-order valence-corrected chi connectivity index (χ1v) is 9.80. The number of aromatic nitrogens is 2. The van der Waals surface area contributed by atoms with Crippen LogP contribution in [0.3, 0.4) is 0 Å². The van der Waals surface area contributed by atoms with Crippen LogP contribution in [0, 0.1) is 0 Å². The maximum Gasteiger partial charge on any atom is 0.307 e. The first kappa shape index (κ1) is 18.5. The lowest BCUT2D eigenvalue weighted by atomic mass is 9.89. The van der Waals surface area contributed by atoms with E-state index in [0.717, 1.165) is 40.1 Å². The molecule has 0 amide bonds. The Balaban J connectivity index is 1.84. The summed E-state index contributed by atoms with van der Waals surface area (Å²) in [6.45, 7) is 0.728. The minimum Gasteiger partial charge on any atom is -0.493 e. The van der Waals surface area contributed by atoms with Crippen molar-refractivity contribution in [2.24, 2.45) is 0 Å². The summed E-state index contributed by atoms with van der Waals surface area (Å²) in [7, 11) is 4.64. The highest BCUT2D eigenvalue weighted by molar-refractivity contribution is 7.16. The maximum absolute atomic E-state index is 12.2. The first-order valence-electron chi connectivity index (χ1n) is 8.92. The molecular formula is C20H21N3O4S. The van der Waals surface area contributed by atoms with Crippen LogP contribution in [-0.4, -0.2) is 43.8 Å². The SMILES string of the molecule is COC(=O)C[C@H]1c2cc(OC)c(OC)cc2CCN1c1ncnc2sccc12. The second-order valence-electron chi connectivity index (χ2n) is 6.48. The van der Waals surface area contributed by atoms with Gasteiger partial charge >= 0.3 is 5.97 Å². The van der Waals surface area contributed by atoms with Crippen molar-refractivity contribution in [1.29, 1.82) is 0 Å². The second-order valence-corrected chi connectivity index (χ2v) is 7.38. The number of methoxy groups -OCH3 is 3. The summed E-state index contributed by atoms with van der Waals surface area (Å²) < 4.78 is 15.9. The van der Waals surface area contributed by atoms with E-state index >= 15 is 0 Å². The maximum atomic E-state index is 12.2. The Labute approximate surface area is 166 Å². The minimum absolute atomic E-state index is 0.214. The number of anilines is 1. The van der Waals surface area contributed by atoms with Crippen LogP contribution in [-0.2, 0) is 16.0 Å². The normalized spacial score (nSPS) is 16.0. The highest BCUT2D eigenvalue weighted by atomic mass is 32.1. The molecule has 0 bridgehead atoms. The van der Waals surface area contributed by atoms with Crippen molar-refractivity contribution in [1.82, 2.24) is 9.97 Å². The lowest BCUT2D eigenvalue weighted by molar-refractivity contribution is -0.141. The summed E-state index contributed by atoms with van der Waals surface area (Å²) >= 11 is 1.58. The van der Waals surface area contributed by atoms with Crippen LogP contribution in [0.5, 0.6) is 11.5 Å². The number of thiophene rings is 1. The Bertz CT molecular complexity index is 1020. The zero-order chi connectivity index (χ0) is 19.7. The van der Waals surface area contributed by atoms with Crippen molar-refractivity contribution in [3.05, 3.63) is 41.0 Å². The molecule has 0 aliphatic carbocycles. The quantitative estimate of drug-likeness (QED) is 0.609. The summed E-state index contributed by atoms with van der Waals surface area (Å²) in [6, 6.07) is 5.76. The van der Waals surface area contributed by atoms with Crippen molar-refractivity contribution in [3.8, 4) is 11.5 Å². The van der Waals surface area contributed by atoms with Gasteiger partial charge < -0.3 is 19.1 Å². The average molecular weight is 399 g/mol. The van der Waals surface area contributed by atoms with E-state index in [4.69, 9.17) is 14.2 Å². The van der Waals surface area contributed by atoms with Crippen LogP contribution < -0.4 is 14.4 Å². The van der Waals surface area contributed by atoms with Crippen molar-refractivity contribution < 1.29 is 19.0 Å². The zero-order valence-electron chi connectivity index (χ0n) is 16.0. The van der Waals surface area contributed by atoms with Gasteiger partial charge in [-0.15, -0.1) is 11.3 Å². The van der Waals surface area contributed by atoms with E-state index in [-0.39, 0.29) is 18.4 Å². The van der Waals surface area contributed by atoms with Crippen molar-refractivity contribution in [2.75, 3.05) is 32.8 Å². The Morgan fingerprint density at radius 2 is 2.00 bits per heavy atom. The number of hydrogen-bond donors (Lipinski definition) is 0. The van der Waals surface area contributed by atoms with Gasteiger partial charge in [-0.1, -0.05) is 0 Å². The van der Waals surface area contributed by atoms with Gasteiger partial charge in [-0.25, -0.2) is 9.97 Å². The Morgan fingerprint density at radius 1 is 1.21 bits per heavy atom. The summed E-state index contributed by atoms with van der Waals surface area (Å²) in [5.74, 6) is 1.89. The summed E-state index contributed by atoms with van der Waals surface area (Å²) in [6.07, 6.45) is 2.60. The lowest BCUT2D eigenvalue weighted by Crippen LogP contribution is -2.37. The van der Waals surface area contributed by atoms with Crippen molar-refractivity contribution in [2.45, 2.75) is 18.9 Å². The number of hydrogen-bond acceptors (Lipinski definition) is 8. The minimum atomic E-state index is -0.270. The summed E-state index contributed by atoms with van der Waals surface area (Å²) in [4.78, 5) is 24.2. The number of ether oxygens (including phenoxy) is 3. The third kappa shape index (κ3) is 3.13. The lowest BCUT2D eigenvalue weighted by Gasteiger charge is -2.38. The predicted octanol–water partition coefficient (Wildman–Crippen LogP) is 3.38. The second kappa shape index (κ2) is 7.63. The molecule has 1 aliphatic rings. The fourth-order valence-corrected chi connectivity index (χ4v) is 4.48. The summed E-state index contributed by atoms with van der Waals surface area (Å²) in [5, 5.41) is 3.00. The molecule has 0 radical (unpaired) electrons. The van der Waals surface area contributed by atoms with Crippen molar-refractivity contribution in [3.63, 3.8) is 0 Å². The standard InChI is InChI=1S/C20H21N3O4S/c1-25-16-8-12-4-6-23(19-13-5-7-28-20(13)22-11-21-19)15(10-18(24)27-3)14(12)9-17(16)26-2/h5,7-9,11,15H,4,6,10H2,1-3H3/t15-/m0/s1. The van der Waals surface area contributed by atoms with Crippen LogP contribution >= 0.6 is 11.3 Å². The molecule has 7 nitrogen and oxygen atoms in total. The Hall–Kier alpha value is -2.87. The average Bonchev–Trinajstić information content (AvgIpc) is 3.22.